The summed E-state index contributed by atoms with van der Waals surface area (Å²) in [5.41, 5.74) is 3.61. The standard InChI is InChI=1S/C26H25F2N5O8S/c27-15-5-13-19(32(12-1-2-12)7-14(21(13)34)24(36)37)16(28)20(15)31-4-3-11(6-31)30-26(40)41-8-10-9-42-23-17(29)22(35)33(23)18(10)25(38)39/h5,7,11-12,17,23H,1-4,6,8-9,29H2,(H,30,40)(H,36,37)(H,38,39)/t11?,17-,23-/m1/s1. The zero-order valence-electron chi connectivity index (χ0n) is 21.8. The van der Waals surface area contributed by atoms with Crippen LogP contribution in [0.25, 0.3) is 10.9 Å². The van der Waals surface area contributed by atoms with E-state index in [0.29, 0.717) is 19.3 Å². The van der Waals surface area contributed by atoms with Crippen molar-refractivity contribution < 1.29 is 42.9 Å². The summed E-state index contributed by atoms with van der Waals surface area (Å²) >= 11 is 1.27. The van der Waals surface area contributed by atoms with Gasteiger partial charge >= 0.3 is 18.0 Å². The molecule has 5 N–H and O–H groups in total. The molecule has 2 amide bonds. The van der Waals surface area contributed by atoms with Crippen molar-refractivity contribution >= 4 is 52.3 Å². The molecule has 0 spiro atoms. The van der Waals surface area contributed by atoms with Gasteiger partial charge in [-0.2, -0.15) is 0 Å². The molecule has 6 rings (SSSR count). The maximum atomic E-state index is 15.9. The molecule has 0 bridgehead atoms. The highest BCUT2D eigenvalue weighted by Gasteiger charge is 2.51. The second-order valence-electron chi connectivity index (χ2n) is 10.6. The Bertz CT molecular complexity index is 1660. The van der Waals surface area contributed by atoms with Crippen LogP contribution < -0.4 is 21.4 Å². The second-order valence-corrected chi connectivity index (χ2v) is 11.7. The molecule has 1 aliphatic carbocycles. The van der Waals surface area contributed by atoms with Gasteiger partial charge < -0.3 is 35.5 Å². The number of anilines is 1. The van der Waals surface area contributed by atoms with Gasteiger partial charge in [0.1, 0.15) is 40.8 Å². The lowest BCUT2D eigenvalue weighted by Crippen LogP contribution is -2.68. The summed E-state index contributed by atoms with van der Waals surface area (Å²) in [5.74, 6) is -5.17. The molecule has 3 aliphatic heterocycles. The van der Waals surface area contributed by atoms with Gasteiger partial charge in [-0.15, -0.1) is 11.8 Å². The molecule has 222 valence electrons. The molecule has 3 atom stereocenters. The van der Waals surface area contributed by atoms with Gasteiger partial charge in [0, 0.05) is 36.7 Å². The zero-order valence-corrected chi connectivity index (χ0v) is 22.7. The molecule has 3 fully saturated rings. The minimum Gasteiger partial charge on any atom is -0.477 e. The number of aromatic nitrogens is 1. The van der Waals surface area contributed by atoms with E-state index >= 15 is 8.78 Å². The first kappa shape index (κ1) is 28.0. The molecule has 1 aromatic carbocycles. The fourth-order valence-corrected chi connectivity index (χ4v) is 6.92. The molecule has 1 unspecified atom stereocenters. The number of halogens is 2. The number of alkyl carbamates (subject to hydrolysis) is 1. The lowest BCUT2D eigenvalue weighted by molar-refractivity contribution is -0.148. The van der Waals surface area contributed by atoms with Crippen LogP contribution in [0.4, 0.5) is 19.3 Å². The van der Waals surface area contributed by atoms with E-state index in [2.05, 4.69) is 5.32 Å². The number of β-lactam (4-membered cyclic amide) rings is 1. The van der Waals surface area contributed by atoms with Gasteiger partial charge in [-0.25, -0.2) is 23.2 Å². The van der Waals surface area contributed by atoms with Crippen LogP contribution in [0.1, 0.15) is 35.7 Å². The van der Waals surface area contributed by atoms with Crippen molar-refractivity contribution in [3.63, 3.8) is 0 Å². The summed E-state index contributed by atoms with van der Waals surface area (Å²) < 4.78 is 37.7. The van der Waals surface area contributed by atoms with Crippen LogP contribution >= 0.6 is 11.8 Å². The lowest BCUT2D eigenvalue weighted by Gasteiger charge is -2.47. The summed E-state index contributed by atoms with van der Waals surface area (Å²) in [6, 6.07) is -0.712. The number of nitrogens with one attached hydrogen (secondary N) is 1. The molecule has 1 aromatic heterocycles. The van der Waals surface area contributed by atoms with Crippen molar-refractivity contribution in [1.29, 1.82) is 0 Å². The number of amides is 2. The summed E-state index contributed by atoms with van der Waals surface area (Å²) in [7, 11) is 0. The quantitative estimate of drug-likeness (QED) is 0.333. The minimum absolute atomic E-state index is 0.0100. The number of carboxylic acid groups (broad SMARTS) is 2. The van der Waals surface area contributed by atoms with Crippen LogP contribution in [0.2, 0.25) is 0 Å². The monoisotopic (exact) mass is 605 g/mol. The van der Waals surface area contributed by atoms with Gasteiger partial charge in [-0.1, -0.05) is 0 Å². The first-order chi connectivity index (χ1) is 20.0. The topological polar surface area (TPSA) is 184 Å². The SMILES string of the molecule is N[C@@H]1C(=O)N2C(C(=O)O)=C(COC(=O)NC3CCN(c4c(F)cc5c(=O)c(C(=O)O)cn(C6CC6)c5c4F)C3)CS[C@H]12. The number of hydrogen-bond acceptors (Lipinski definition) is 9. The number of hydrogen-bond donors (Lipinski definition) is 4. The smallest absolute Gasteiger partial charge is 0.407 e. The number of thioether (sulfide) groups is 1. The van der Waals surface area contributed by atoms with E-state index < -0.39 is 64.0 Å². The Labute approximate surface area is 239 Å². The number of carboxylic acids is 2. The fourth-order valence-electron chi connectivity index (χ4n) is 5.65. The number of pyridine rings is 1. The summed E-state index contributed by atoms with van der Waals surface area (Å²) in [6.07, 6.45) is 1.85. The maximum absolute atomic E-state index is 15.9. The molecule has 0 radical (unpaired) electrons. The molecule has 16 heteroatoms. The number of nitrogens with zero attached hydrogens (tertiary/aromatic N) is 3. The normalized spacial score (nSPS) is 23.6. The first-order valence-electron chi connectivity index (χ1n) is 13.1. The maximum Gasteiger partial charge on any atom is 0.407 e. The number of rotatable bonds is 7. The highest BCUT2D eigenvalue weighted by atomic mass is 32.2. The average molecular weight is 606 g/mol. The Balaban J connectivity index is 1.17. The van der Waals surface area contributed by atoms with Crippen molar-refractivity contribution in [2.45, 2.75) is 42.8 Å². The van der Waals surface area contributed by atoms with Crippen LogP contribution in [0, 0.1) is 11.6 Å². The lowest BCUT2D eigenvalue weighted by atomic mass is 10.0. The van der Waals surface area contributed by atoms with E-state index in [-0.39, 0.29) is 59.4 Å². The van der Waals surface area contributed by atoms with Crippen LogP contribution in [-0.4, -0.2) is 86.5 Å². The van der Waals surface area contributed by atoms with Crippen molar-refractivity contribution in [2.75, 3.05) is 30.3 Å². The number of ether oxygens (including phenoxy) is 1. The zero-order chi connectivity index (χ0) is 30.0. The number of aliphatic carboxylic acids is 1. The molecule has 1 saturated carbocycles. The van der Waals surface area contributed by atoms with Gasteiger partial charge in [0.25, 0.3) is 0 Å². The predicted molar refractivity (Wildman–Crippen MR) is 144 cm³/mol. The van der Waals surface area contributed by atoms with Gasteiger partial charge in [-0.05, 0) is 25.3 Å². The molecule has 4 heterocycles. The van der Waals surface area contributed by atoms with E-state index in [1.807, 2.05) is 0 Å². The molecular weight excluding hydrogens is 580 g/mol. The van der Waals surface area contributed by atoms with Gasteiger partial charge in [0.15, 0.2) is 5.82 Å². The number of benzene rings is 1. The van der Waals surface area contributed by atoms with E-state index in [1.165, 1.54) is 21.2 Å². The number of carbonyl (C=O) groups excluding carboxylic acids is 2. The third kappa shape index (κ3) is 4.54. The molecule has 2 aromatic rings. The van der Waals surface area contributed by atoms with Crippen LogP contribution in [0.3, 0.4) is 0 Å². The minimum atomic E-state index is -1.48. The van der Waals surface area contributed by atoms with E-state index in [1.54, 1.807) is 0 Å². The Kier molecular flexibility index (Phi) is 6.84. The summed E-state index contributed by atoms with van der Waals surface area (Å²) in [5, 5.41) is 20.8. The van der Waals surface area contributed by atoms with Crippen molar-refractivity contribution in [2.24, 2.45) is 5.73 Å². The molecular formula is C26H25F2N5O8S. The Hall–Kier alpha value is -4.18. The number of nitrogens with two attached hydrogens (primary N) is 1. The third-order valence-corrected chi connectivity index (χ3v) is 9.21. The highest BCUT2D eigenvalue weighted by molar-refractivity contribution is 8.00. The number of aromatic carboxylic acids is 1. The average Bonchev–Trinajstić information content (AvgIpc) is 3.70. The molecule has 4 aliphatic rings. The van der Waals surface area contributed by atoms with Crippen LogP contribution in [-0.2, 0) is 14.3 Å². The number of fused-ring (bicyclic) bond motifs is 2. The summed E-state index contributed by atoms with van der Waals surface area (Å²) in [4.78, 5) is 63.2. The largest absolute Gasteiger partial charge is 0.477 e. The Morgan fingerprint density at radius 1 is 1.14 bits per heavy atom. The van der Waals surface area contributed by atoms with E-state index in [4.69, 9.17) is 10.5 Å². The fraction of sp³-hybridized carbons (Fsp3) is 0.423. The van der Waals surface area contributed by atoms with Crippen LogP contribution in [0.15, 0.2) is 28.3 Å². The van der Waals surface area contributed by atoms with Crippen molar-refractivity contribution in [3.8, 4) is 0 Å². The summed E-state index contributed by atoms with van der Waals surface area (Å²) in [6.45, 7) is -0.210. The van der Waals surface area contributed by atoms with Gasteiger partial charge in [0.05, 0.1) is 16.9 Å². The molecule has 42 heavy (non-hydrogen) atoms. The number of carbonyl (C=O) groups is 4. The highest BCUT2D eigenvalue weighted by Crippen LogP contribution is 2.41. The van der Waals surface area contributed by atoms with Crippen LogP contribution in [0.5, 0.6) is 0 Å². The van der Waals surface area contributed by atoms with E-state index in [0.717, 1.165) is 17.2 Å². The molecule has 2 saturated heterocycles. The molecule has 13 nitrogen and oxygen atoms in total. The van der Waals surface area contributed by atoms with Crippen molar-refractivity contribution in [3.05, 3.63) is 51.0 Å². The Morgan fingerprint density at radius 2 is 1.88 bits per heavy atom. The van der Waals surface area contributed by atoms with E-state index in [9.17, 15) is 34.2 Å². The second kappa shape index (κ2) is 10.3. The third-order valence-electron chi connectivity index (χ3n) is 7.85. The van der Waals surface area contributed by atoms with Gasteiger partial charge in [0.2, 0.25) is 11.3 Å². The van der Waals surface area contributed by atoms with Crippen molar-refractivity contribution in [1.82, 2.24) is 14.8 Å². The Morgan fingerprint density at radius 3 is 2.55 bits per heavy atom. The van der Waals surface area contributed by atoms with Gasteiger partial charge in [-0.3, -0.25) is 14.5 Å². The predicted octanol–water partition coefficient (Wildman–Crippen LogP) is 1.20. The first-order valence-corrected chi connectivity index (χ1v) is 14.2.